The van der Waals surface area contributed by atoms with Crippen molar-refractivity contribution in [2.24, 2.45) is 0 Å². The molecule has 2 aromatic heterocycles. The van der Waals surface area contributed by atoms with Crippen LogP contribution >= 0.6 is 0 Å². The van der Waals surface area contributed by atoms with Gasteiger partial charge in [-0.2, -0.15) is 5.10 Å². The second kappa shape index (κ2) is 4.74. The van der Waals surface area contributed by atoms with Crippen LogP contribution in [-0.4, -0.2) is 21.5 Å². The normalized spacial score (nSPS) is 14.3. The number of fused-ring (bicyclic) bond motifs is 1. The minimum Gasteiger partial charge on any atom is -0.490 e. The Labute approximate surface area is 122 Å². The Hall–Kier alpha value is -2.62. The van der Waals surface area contributed by atoms with E-state index in [1.807, 2.05) is 48.7 Å². The van der Waals surface area contributed by atoms with Gasteiger partial charge in [-0.1, -0.05) is 6.07 Å². The lowest BCUT2D eigenvalue weighted by Gasteiger charge is -2.05. The standard InChI is InChI=1S/C17H14N2O2/c20-17(15-11-18-19-10-2-1-3-16(15)19)12-4-6-13(7-5-12)21-14-8-9-14/h1-7,10-11,14H,8-9H2. The molecule has 0 unspecified atom stereocenters. The molecular weight excluding hydrogens is 264 g/mol. The summed E-state index contributed by atoms with van der Waals surface area (Å²) in [4.78, 5) is 12.6. The molecule has 2 heterocycles. The molecule has 0 aliphatic heterocycles. The number of hydrogen-bond donors (Lipinski definition) is 0. The predicted octanol–water partition coefficient (Wildman–Crippen LogP) is 3.11. The fourth-order valence-electron chi connectivity index (χ4n) is 2.33. The third-order valence-corrected chi connectivity index (χ3v) is 3.61. The maximum Gasteiger partial charge on any atom is 0.196 e. The van der Waals surface area contributed by atoms with Crippen LogP contribution in [0.2, 0.25) is 0 Å². The van der Waals surface area contributed by atoms with E-state index in [-0.39, 0.29) is 5.78 Å². The SMILES string of the molecule is O=C(c1ccc(OC2CC2)cc1)c1cnn2ccccc12. The van der Waals surface area contributed by atoms with Crippen LogP contribution in [0.3, 0.4) is 0 Å². The van der Waals surface area contributed by atoms with Crippen LogP contribution in [0.5, 0.6) is 5.75 Å². The average molecular weight is 278 g/mol. The van der Waals surface area contributed by atoms with Crippen molar-refractivity contribution in [1.29, 1.82) is 0 Å². The number of ketones is 1. The van der Waals surface area contributed by atoms with Crippen LogP contribution in [0.15, 0.2) is 54.9 Å². The highest BCUT2D eigenvalue weighted by Gasteiger charge is 2.23. The fraction of sp³-hybridized carbons (Fsp3) is 0.176. The number of ether oxygens (including phenoxy) is 1. The summed E-state index contributed by atoms with van der Waals surface area (Å²) >= 11 is 0. The highest BCUT2D eigenvalue weighted by Crippen LogP contribution is 2.27. The van der Waals surface area contributed by atoms with Crippen molar-refractivity contribution in [2.45, 2.75) is 18.9 Å². The molecule has 1 aliphatic carbocycles. The molecule has 0 radical (unpaired) electrons. The number of carbonyl (C=O) groups excluding carboxylic acids is 1. The van der Waals surface area contributed by atoms with Gasteiger partial charge >= 0.3 is 0 Å². The first-order chi connectivity index (χ1) is 10.3. The van der Waals surface area contributed by atoms with Gasteiger partial charge in [-0.05, 0) is 49.2 Å². The van der Waals surface area contributed by atoms with E-state index < -0.39 is 0 Å². The van der Waals surface area contributed by atoms with Crippen LogP contribution in [0, 0.1) is 0 Å². The van der Waals surface area contributed by atoms with Crippen LogP contribution in [0.25, 0.3) is 5.52 Å². The molecule has 0 amide bonds. The lowest BCUT2D eigenvalue weighted by atomic mass is 10.0. The van der Waals surface area contributed by atoms with E-state index in [1.165, 1.54) is 0 Å². The van der Waals surface area contributed by atoms with Gasteiger partial charge in [-0.25, -0.2) is 4.52 Å². The Morgan fingerprint density at radius 3 is 2.71 bits per heavy atom. The smallest absolute Gasteiger partial charge is 0.196 e. The first-order valence-electron chi connectivity index (χ1n) is 7.05. The lowest BCUT2D eigenvalue weighted by Crippen LogP contribution is -2.01. The molecule has 3 aromatic rings. The molecule has 0 bridgehead atoms. The van der Waals surface area contributed by atoms with Crippen molar-refractivity contribution in [1.82, 2.24) is 9.61 Å². The topological polar surface area (TPSA) is 43.6 Å². The van der Waals surface area contributed by atoms with Gasteiger partial charge in [-0.15, -0.1) is 0 Å². The predicted molar refractivity (Wildman–Crippen MR) is 78.7 cm³/mol. The summed E-state index contributed by atoms with van der Waals surface area (Å²) in [5.41, 5.74) is 2.09. The molecule has 1 saturated carbocycles. The van der Waals surface area contributed by atoms with Crippen molar-refractivity contribution >= 4 is 11.3 Å². The van der Waals surface area contributed by atoms with Crippen LogP contribution in [-0.2, 0) is 0 Å². The molecule has 4 nitrogen and oxygen atoms in total. The maximum atomic E-state index is 12.6. The molecule has 0 spiro atoms. The Morgan fingerprint density at radius 1 is 1.14 bits per heavy atom. The van der Waals surface area contributed by atoms with Crippen molar-refractivity contribution < 1.29 is 9.53 Å². The van der Waals surface area contributed by atoms with Gasteiger partial charge in [-0.3, -0.25) is 4.79 Å². The molecule has 4 rings (SSSR count). The monoisotopic (exact) mass is 278 g/mol. The quantitative estimate of drug-likeness (QED) is 0.689. The zero-order valence-corrected chi connectivity index (χ0v) is 11.4. The molecule has 4 heteroatoms. The first kappa shape index (κ1) is 12.1. The molecule has 0 saturated heterocycles. The van der Waals surface area contributed by atoms with E-state index >= 15 is 0 Å². The number of hydrogen-bond acceptors (Lipinski definition) is 3. The van der Waals surface area contributed by atoms with Crippen LogP contribution < -0.4 is 4.74 Å². The van der Waals surface area contributed by atoms with Gasteiger partial charge in [0.25, 0.3) is 0 Å². The van der Waals surface area contributed by atoms with Crippen LogP contribution in [0.4, 0.5) is 0 Å². The lowest BCUT2D eigenvalue weighted by molar-refractivity contribution is 0.104. The first-order valence-corrected chi connectivity index (χ1v) is 7.05. The summed E-state index contributed by atoms with van der Waals surface area (Å²) in [6, 6.07) is 13.0. The van der Waals surface area contributed by atoms with Gasteiger partial charge in [0.2, 0.25) is 0 Å². The molecule has 1 aliphatic rings. The van der Waals surface area contributed by atoms with E-state index in [4.69, 9.17) is 4.74 Å². The van der Waals surface area contributed by atoms with Crippen LogP contribution in [0.1, 0.15) is 28.8 Å². The third kappa shape index (κ3) is 2.29. The summed E-state index contributed by atoms with van der Waals surface area (Å²) in [5.74, 6) is 0.808. The van der Waals surface area contributed by atoms with Crippen molar-refractivity contribution in [3.8, 4) is 5.75 Å². The van der Waals surface area contributed by atoms with E-state index in [9.17, 15) is 4.79 Å². The highest BCUT2D eigenvalue weighted by molar-refractivity contribution is 6.13. The number of benzene rings is 1. The van der Waals surface area contributed by atoms with Crippen molar-refractivity contribution in [3.63, 3.8) is 0 Å². The molecule has 104 valence electrons. The van der Waals surface area contributed by atoms with E-state index in [0.717, 1.165) is 24.1 Å². The molecule has 0 N–H and O–H groups in total. The number of nitrogens with zero attached hydrogens (tertiary/aromatic N) is 2. The zero-order valence-electron chi connectivity index (χ0n) is 11.4. The molecule has 1 aromatic carbocycles. The van der Waals surface area contributed by atoms with Gasteiger partial charge in [0, 0.05) is 11.8 Å². The Morgan fingerprint density at radius 2 is 1.95 bits per heavy atom. The molecule has 0 atom stereocenters. The number of aromatic nitrogens is 2. The zero-order chi connectivity index (χ0) is 14.2. The second-order valence-electron chi connectivity index (χ2n) is 5.26. The third-order valence-electron chi connectivity index (χ3n) is 3.61. The van der Waals surface area contributed by atoms with Gasteiger partial charge in [0.15, 0.2) is 5.78 Å². The Bertz CT molecular complexity index is 801. The van der Waals surface area contributed by atoms with E-state index in [0.29, 0.717) is 17.2 Å². The van der Waals surface area contributed by atoms with Gasteiger partial charge in [0.05, 0.1) is 23.4 Å². The largest absolute Gasteiger partial charge is 0.490 e. The summed E-state index contributed by atoms with van der Waals surface area (Å²) in [5, 5.41) is 4.20. The number of carbonyl (C=O) groups is 1. The fourth-order valence-corrected chi connectivity index (χ4v) is 2.33. The Kier molecular flexibility index (Phi) is 2.74. The van der Waals surface area contributed by atoms with Gasteiger partial charge < -0.3 is 4.74 Å². The number of rotatable bonds is 4. The molecular formula is C17H14N2O2. The van der Waals surface area contributed by atoms with Crippen molar-refractivity contribution in [2.75, 3.05) is 0 Å². The summed E-state index contributed by atoms with van der Waals surface area (Å²) in [6.07, 6.45) is 6.07. The Balaban J connectivity index is 1.64. The maximum absolute atomic E-state index is 12.6. The van der Waals surface area contributed by atoms with Gasteiger partial charge in [0.1, 0.15) is 5.75 Å². The second-order valence-corrected chi connectivity index (χ2v) is 5.26. The van der Waals surface area contributed by atoms with Crippen molar-refractivity contribution in [3.05, 3.63) is 66.0 Å². The molecule has 21 heavy (non-hydrogen) atoms. The summed E-state index contributed by atoms with van der Waals surface area (Å²) < 4.78 is 7.40. The highest BCUT2D eigenvalue weighted by atomic mass is 16.5. The number of pyridine rings is 1. The van der Waals surface area contributed by atoms with E-state index in [2.05, 4.69) is 5.10 Å². The molecule has 1 fully saturated rings. The minimum absolute atomic E-state index is 0.0193. The minimum atomic E-state index is -0.0193. The summed E-state index contributed by atoms with van der Waals surface area (Å²) in [7, 11) is 0. The summed E-state index contributed by atoms with van der Waals surface area (Å²) in [6.45, 7) is 0. The van der Waals surface area contributed by atoms with E-state index in [1.54, 1.807) is 10.7 Å². The average Bonchev–Trinajstić information content (AvgIpc) is 3.23.